The molecule has 0 aliphatic carbocycles. The third kappa shape index (κ3) is 2.94. The van der Waals surface area contributed by atoms with E-state index in [4.69, 9.17) is 11.6 Å². The summed E-state index contributed by atoms with van der Waals surface area (Å²) < 4.78 is 13.1. The zero-order valence-corrected chi connectivity index (χ0v) is 10.2. The second-order valence-corrected chi connectivity index (χ2v) is 4.15. The van der Waals surface area contributed by atoms with Gasteiger partial charge in [-0.15, -0.1) is 0 Å². The summed E-state index contributed by atoms with van der Waals surface area (Å²) in [5, 5.41) is 0.482. The first-order valence-corrected chi connectivity index (χ1v) is 5.61. The zero-order valence-electron chi connectivity index (χ0n) is 9.40. The Morgan fingerprint density at radius 2 is 2.12 bits per heavy atom. The number of nitrogens with zero attached hydrogens (tertiary/aromatic N) is 2. The van der Waals surface area contributed by atoms with Crippen LogP contribution in [0.1, 0.15) is 5.56 Å². The van der Waals surface area contributed by atoms with Crippen molar-refractivity contribution in [2.24, 2.45) is 0 Å². The maximum Gasteiger partial charge on any atom is 0.133 e. The molecule has 2 rings (SSSR count). The average molecular weight is 251 g/mol. The number of pyridine rings is 1. The van der Waals surface area contributed by atoms with Crippen molar-refractivity contribution in [3.05, 3.63) is 59.1 Å². The predicted octanol–water partition coefficient (Wildman–Crippen LogP) is 3.51. The average Bonchev–Trinajstić information content (AvgIpc) is 2.32. The topological polar surface area (TPSA) is 16.1 Å². The van der Waals surface area contributed by atoms with E-state index < -0.39 is 0 Å². The Labute approximate surface area is 105 Å². The van der Waals surface area contributed by atoms with Gasteiger partial charge in [-0.2, -0.15) is 0 Å². The largest absolute Gasteiger partial charge is 0.370 e. The SMILES string of the molecule is CN(Cc1cccnc1Cl)c1cccc(F)c1. The van der Waals surface area contributed by atoms with Crippen LogP contribution >= 0.6 is 11.6 Å². The Bertz CT molecular complexity index is 516. The minimum absolute atomic E-state index is 0.244. The standard InChI is InChI=1S/C13H12ClFN2/c1-17(12-6-2-5-11(15)8-12)9-10-4-3-7-16-13(10)14/h2-8H,9H2,1H3. The molecule has 0 aliphatic heterocycles. The summed E-state index contributed by atoms with van der Waals surface area (Å²) in [6.45, 7) is 0.593. The molecule has 1 aromatic carbocycles. The van der Waals surface area contributed by atoms with Crippen molar-refractivity contribution in [1.29, 1.82) is 0 Å². The number of rotatable bonds is 3. The molecule has 0 saturated heterocycles. The van der Waals surface area contributed by atoms with Crippen LogP contribution in [0.3, 0.4) is 0 Å². The molecule has 2 aromatic rings. The molecular weight excluding hydrogens is 239 g/mol. The molecule has 0 N–H and O–H groups in total. The molecule has 0 amide bonds. The number of halogens is 2. The fraction of sp³-hybridized carbons (Fsp3) is 0.154. The fourth-order valence-electron chi connectivity index (χ4n) is 1.60. The van der Waals surface area contributed by atoms with Gasteiger partial charge in [0.1, 0.15) is 11.0 Å². The second-order valence-electron chi connectivity index (χ2n) is 3.79. The van der Waals surface area contributed by atoms with Crippen molar-refractivity contribution >= 4 is 17.3 Å². The highest BCUT2D eigenvalue weighted by atomic mass is 35.5. The Balaban J connectivity index is 2.17. The molecule has 0 radical (unpaired) electrons. The minimum Gasteiger partial charge on any atom is -0.370 e. The lowest BCUT2D eigenvalue weighted by Crippen LogP contribution is -2.16. The highest BCUT2D eigenvalue weighted by molar-refractivity contribution is 6.30. The summed E-state index contributed by atoms with van der Waals surface area (Å²) in [5.74, 6) is -0.244. The van der Waals surface area contributed by atoms with Crippen LogP contribution in [0.25, 0.3) is 0 Å². The van der Waals surface area contributed by atoms with E-state index in [-0.39, 0.29) is 5.82 Å². The Kier molecular flexibility index (Phi) is 3.59. The van der Waals surface area contributed by atoms with Gasteiger partial charge in [0.15, 0.2) is 0 Å². The van der Waals surface area contributed by atoms with Crippen molar-refractivity contribution in [2.45, 2.75) is 6.54 Å². The molecule has 1 heterocycles. The van der Waals surface area contributed by atoms with Gasteiger partial charge >= 0.3 is 0 Å². The molecule has 0 unspecified atom stereocenters. The van der Waals surface area contributed by atoms with E-state index in [1.54, 1.807) is 12.3 Å². The molecule has 0 saturated carbocycles. The molecule has 4 heteroatoms. The molecule has 17 heavy (non-hydrogen) atoms. The Morgan fingerprint density at radius 3 is 2.82 bits per heavy atom. The smallest absolute Gasteiger partial charge is 0.133 e. The van der Waals surface area contributed by atoms with Gasteiger partial charge in [0, 0.05) is 31.0 Å². The molecule has 1 aromatic heterocycles. The van der Waals surface area contributed by atoms with Crippen LogP contribution in [0.15, 0.2) is 42.6 Å². The van der Waals surface area contributed by atoms with E-state index in [0.29, 0.717) is 11.7 Å². The van der Waals surface area contributed by atoms with Crippen LogP contribution < -0.4 is 4.90 Å². The monoisotopic (exact) mass is 250 g/mol. The summed E-state index contributed by atoms with van der Waals surface area (Å²) in [6, 6.07) is 10.2. The molecule has 88 valence electrons. The molecule has 0 fully saturated rings. The van der Waals surface area contributed by atoms with Crippen LogP contribution in [-0.4, -0.2) is 12.0 Å². The maximum atomic E-state index is 13.1. The lowest BCUT2D eigenvalue weighted by molar-refractivity contribution is 0.627. The Morgan fingerprint density at radius 1 is 1.29 bits per heavy atom. The highest BCUT2D eigenvalue weighted by Crippen LogP contribution is 2.19. The first-order chi connectivity index (χ1) is 8.16. The summed E-state index contributed by atoms with van der Waals surface area (Å²) >= 11 is 5.98. The summed E-state index contributed by atoms with van der Waals surface area (Å²) in [7, 11) is 1.89. The van der Waals surface area contributed by atoms with Gasteiger partial charge in [-0.1, -0.05) is 23.7 Å². The van der Waals surface area contributed by atoms with Crippen LogP contribution in [-0.2, 0) is 6.54 Å². The minimum atomic E-state index is -0.244. The molecule has 0 aliphatic rings. The van der Waals surface area contributed by atoms with Gasteiger partial charge < -0.3 is 4.90 Å². The normalized spacial score (nSPS) is 10.3. The van der Waals surface area contributed by atoms with Gasteiger partial charge in [-0.25, -0.2) is 9.37 Å². The van der Waals surface area contributed by atoms with Crippen LogP contribution in [0.5, 0.6) is 0 Å². The van der Waals surface area contributed by atoms with E-state index in [2.05, 4.69) is 4.98 Å². The number of hydrogen-bond donors (Lipinski definition) is 0. The lowest BCUT2D eigenvalue weighted by atomic mass is 10.2. The maximum absolute atomic E-state index is 13.1. The molecule has 2 nitrogen and oxygen atoms in total. The predicted molar refractivity (Wildman–Crippen MR) is 67.8 cm³/mol. The Hall–Kier alpha value is -1.61. The molecule has 0 spiro atoms. The first-order valence-electron chi connectivity index (χ1n) is 5.23. The van der Waals surface area contributed by atoms with Crippen molar-refractivity contribution in [2.75, 3.05) is 11.9 Å². The quantitative estimate of drug-likeness (QED) is 0.775. The van der Waals surface area contributed by atoms with Crippen molar-refractivity contribution in [3.8, 4) is 0 Å². The third-order valence-electron chi connectivity index (χ3n) is 2.49. The van der Waals surface area contributed by atoms with Crippen molar-refractivity contribution in [1.82, 2.24) is 4.98 Å². The molecular formula is C13H12ClFN2. The van der Waals surface area contributed by atoms with Gasteiger partial charge in [-0.3, -0.25) is 0 Å². The lowest BCUT2D eigenvalue weighted by Gasteiger charge is -2.19. The van der Waals surface area contributed by atoms with Gasteiger partial charge in [-0.05, 0) is 24.3 Å². The van der Waals surface area contributed by atoms with Gasteiger partial charge in [0.2, 0.25) is 0 Å². The van der Waals surface area contributed by atoms with Crippen LogP contribution in [0, 0.1) is 5.82 Å². The number of hydrogen-bond acceptors (Lipinski definition) is 2. The third-order valence-corrected chi connectivity index (χ3v) is 2.83. The molecule has 0 atom stereocenters. The van der Waals surface area contributed by atoms with Gasteiger partial charge in [0.05, 0.1) is 0 Å². The van der Waals surface area contributed by atoms with E-state index in [1.165, 1.54) is 12.1 Å². The second kappa shape index (κ2) is 5.15. The van der Waals surface area contributed by atoms with E-state index in [0.717, 1.165) is 11.3 Å². The van der Waals surface area contributed by atoms with Crippen molar-refractivity contribution < 1.29 is 4.39 Å². The fourth-order valence-corrected chi connectivity index (χ4v) is 1.78. The summed E-state index contributed by atoms with van der Waals surface area (Å²) in [5.41, 5.74) is 1.73. The number of aromatic nitrogens is 1. The number of benzene rings is 1. The summed E-state index contributed by atoms with van der Waals surface area (Å²) in [4.78, 5) is 5.93. The van der Waals surface area contributed by atoms with Gasteiger partial charge in [0.25, 0.3) is 0 Å². The number of anilines is 1. The van der Waals surface area contributed by atoms with Crippen molar-refractivity contribution in [3.63, 3.8) is 0 Å². The zero-order chi connectivity index (χ0) is 12.3. The first kappa shape index (κ1) is 11.9. The van der Waals surface area contributed by atoms with Crippen LogP contribution in [0.4, 0.5) is 10.1 Å². The molecule has 0 bridgehead atoms. The van der Waals surface area contributed by atoms with Crippen LogP contribution in [0.2, 0.25) is 5.15 Å². The van der Waals surface area contributed by atoms with E-state index in [1.807, 2.05) is 30.1 Å². The highest BCUT2D eigenvalue weighted by Gasteiger charge is 2.06. The van der Waals surface area contributed by atoms with E-state index in [9.17, 15) is 4.39 Å². The van der Waals surface area contributed by atoms with E-state index >= 15 is 0 Å². The summed E-state index contributed by atoms with van der Waals surface area (Å²) in [6.07, 6.45) is 1.65.